The van der Waals surface area contributed by atoms with Crippen LogP contribution < -0.4 is 10.6 Å². The molecule has 98 valence electrons. The standard InChI is InChI=1S/C12H23N3O2/c1-9(11(16)15(2)3)13-12(17)14-10-7-5-4-6-8-10/h9-10H,4-8H2,1-3H3,(H2,13,14,17). The molecule has 1 aliphatic carbocycles. The summed E-state index contributed by atoms with van der Waals surface area (Å²) in [4.78, 5) is 24.7. The van der Waals surface area contributed by atoms with E-state index < -0.39 is 6.04 Å². The number of urea groups is 1. The van der Waals surface area contributed by atoms with Crippen molar-refractivity contribution < 1.29 is 9.59 Å². The highest BCUT2D eigenvalue weighted by atomic mass is 16.2. The lowest BCUT2D eigenvalue weighted by atomic mass is 9.96. The molecular formula is C12H23N3O2. The van der Waals surface area contributed by atoms with Gasteiger partial charge in [0.15, 0.2) is 0 Å². The molecule has 1 saturated carbocycles. The van der Waals surface area contributed by atoms with E-state index in [1.54, 1.807) is 21.0 Å². The van der Waals surface area contributed by atoms with E-state index in [-0.39, 0.29) is 18.0 Å². The largest absolute Gasteiger partial charge is 0.347 e. The lowest BCUT2D eigenvalue weighted by molar-refractivity contribution is -0.130. The number of hydrogen-bond donors (Lipinski definition) is 2. The maximum Gasteiger partial charge on any atom is 0.315 e. The van der Waals surface area contributed by atoms with Crippen molar-refractivity contribution in [3.63, 3.8) is 0 Å². The first-order chi connectivity index (χ1) is 8.00. The van der Waals surface area contributed by atoms with Gasteiger partial charge in [0.25, 0.3) is 0 Å². The number of rotatable bonds is 3. The van der Waals surface area contributed by atoms with Gasteiger partial charge in [-0.2, -0.15) is 0 Å². The van der Waals surface area contributed by atoms with Gasteiger partial charge in [0, 0.05) is 20.1 Å². The minimum Gasteiger partial charge on any atom is -0.347 e. The van der Waals surface area contributed by atoms with Gasteiger partial charge >= 0.3 is 6.03 Å². The summed E-state index contributed by atoms with van der Waals surface area (Å²) in [6.07, 6.45) is 5.70. The Bertz CT molecular complexity index is 273. The second-order valence-electron chi connectivity index (χ2n) is 4.91. The minimum absolute atomic E-state index is 0.0937. The summed E-state index contributed by atoms with van der Waals surface area (Å²) in [5, 5.41) is 5.59. The Labute approximate surface area is 103 Å². The molecule has 0 bridgehead atoms. The SMILES string of the molecule is CC(NC(=O)NC1CCCCC1)C(=O)N(C)C. The predicted octanol–water partition coefficient (Wildman–Crippen LogP) is 1.09. The number of nitrogens with zero attached hydrogens (tertiary/aromatic N) is 1. The van der Waals surface area contributed by atoms with Crippen molar-refractivity contribution in [2.45, 2.75) is 51.1 Å². The van der Waals surface area contributed by atoms with Gasteiger partial charge < -0.3 is 15.5 Å². The zero-order chi connectivity index (χ0) is 12.8. The number of carbonyl (C=O) groups excluding carboxylic acids is 2. The van der Waals surface area contributed by atoms with Crippen molar-refractivity contribution >= 4 is 11.9 Å². The van der Waals surface area contributed by atoms with E-state index in [2.05, 4.69) is 10.6 Å². The molecule has 1 rings (SSSR count). The van der Waals surface area contributed by atoms with Crippen LogP contribution in [0.15, 0.2) is 0 Å². The molecule has 1 atom stereocenters. The van der Waals surface area contributed by atoms with Gasteiger partial charge in [-0.1, -0.05) is 19.3 Å². The molecule has 0 saturated heterocycles. The van der Waals surface area contributed by atoms with E-state index in [0.717, 1.165) is 12.8 Å². The summed E-state index contributed by atoms with van der Waals surface area (Å²) in [7, 11) is 3.36. The molecule has 1 aliphatic rings. The highest BCUT2D eigenvalue weighted by Crippen LogP contribution is 2.17. The van der Waals surface area contributed by atoms with E-state index in [9.17, 15) is 9.59 Å². The number of hydrogen-bond acceptors (Lipinski definition) is 2. The van der Waals surface area contributed by atoms with Crippen molar-refractivity contribution in [3.8, 4) is 0 Å². The lowest BCUT2D eigenvalue weighted by Crippen LogP contribution is -2.50. The van der Waals surface area contributed by atoms with Gasteiger partial charge in [0.2, 0.25) is 5.91 Å². The van der Waals surface area contributed by atoms with Gasteiger partial charge in [-0.15, -0.1) is 0 Å². The van der Waals surface area contributed by atoms with E-state index >= 15 is 0 Å². The summed E-state index contributed by atoms with van der Waals surface area (Å²) < 4.78 is 0. The first kappa shape index (κ1) is 13.8. The first-order valence-electron chi connectivity index (χ1n) is 6.29. The Balaban J connectivity index is 2.30. The minimum atomic E-state index is -0.478. The zero-order valence-electron chi connectivity index (χ0n) is 11.0. The fourth-order valence-electron chi connectivity index (χ4n) is 2.12. The summed E-state index contributed by atoms with van der Waals surface area (Å²) in [6, 6.07) is -0.446. The molecular weight excluding hydrogens is 218 g/mol. The molecule has 0 aromatic carbocycles. The monoisotopic (exact) mass is 241 g/mol. The molecule has 0 aromatic heterocycles. The molecule has 0 aliphatic heterocycles. The fraction of sp³-hybridized carbons (Fsp3) is 0.833. The van der Waals surface area contributed by atoms with Crippen LogP contribution in [-0.2, 0) is 4.79 Å². The second kappa shape index (κ2) is 6.47. The highest BCUT2D eigenvalue weighted by molar-refractivity contribution is 5.86. The van der Waals surface area contributed by atoms with Crippen LogP contribution in [0.25, 0.3) is 0 Å². The van der Waals surface area contributed by atoms with Gasteiger partial charge in [-0.3, -0.25) is 4.79 Å². The maximum atomic E-state index is 11.7. The molecule has 5 heteroatoms. The average molecular weight is 241 g/mol. The highest BCUT2D eigenvalue weighted by Gasteiger charge is 2.20. The van der Waals surface area contributed by atoms with Gasteiger partial charge in [-0.05, 0) is 19.8 Å². The van der Waals surface area contributed by atoms with Crippen molar-refractivity contribution in [2.75, 3.05) is 14.1 Å². The molecule has 3 amide bonds. The van der Waals surface area contributed by atoms with Crippen LogP contribution >= 0.6 is 0 Å². The lowest BCUT2D eigenvalue weighted by Gasteiger charge is -2.24. The molecule has 17 heavy (non-hydrogen) atoms. The third kappa shape index (κ3) is 4.63. The van der Waals surface area contributed by atoms with Crippen molar-refractivity contribution in [3.05, 3.63) is 0 Å². The summed E-state index contributed by atoms with van der Waals surface area (Å²) >= 11 is 0. The summed E-state index contributed by atoms with van der Waals surface area (Å²) in [6.45, 7) is 1.70. The van der Waals surface area contributed by atoms with Gasteiger partial charge in [0.05, 0.1) is 0 Å². The van der Waals surface area contributed by atoms with Crippen LogP contribution in [0.1, 0.15) is 39.0 Å². The Morgan fingerprint density at radius 1 is 1.18 bits per heavy atom. The average Bonchev–Trinajstić information content (AvgIpc) is 2.28. The molecule has 1 unspecified atom stereocenters. The second-order valence-corrected chi connectivity index (χ2v) is 4.91. The van der Waals surface area contributed by atoms with Crippen LogP contribution in [0.3, 0.4) is 0 Å². The quantitative estimate of drug-likeness (QED) is 0.777. The van der Waals surface area contributed by atoms with E-state index in [1.807, 2.05) is 0 Å². The van der Waals surface area contributed by atoms with E-state index in [1.165, 1.54) is 24.2 Å². The fourth-order valence-corrected chi connectivity index (χ4v) is 2.12. The molecule has 1 fully saturated rings. The van der Waals surface area contributed by atoms with Crippen molar-refractivity contribution in [2.24, 2.45) is 0 Å². The Kier molecular flexibility index (Phi) is 5.25. The predicted molar refractivity (Wildman–Crippen MR) is 66.7 cm³/mol. The first-order valence-corrected chi connectivity index (χ1v) is 6.29. The third-order valence-electron chi connectivity index (χ3n) is 3.10. The molecule has 0 heterocycles. The molecule has 0 spiro atoms. The third-order valence-corrected chi connectivity index (χ3v) is 3.10. The summed E-state index contributed by atoms with van der Waals surface area (Å²) in [5.41, 5.74) is 0. The maximum absolute atomic E-state index is 11.7. The molecule has 0 radical (unpaired) electrons. The van der Waals surface area contributed by atoms with Crippen LogP contribution in [0.5, 0.6) is 0 Å². The Hall–Kier alpha value is -1.26. The summed E-state index contributed by atoms with van der Waals surface area (Å²) in [5.74, 6) is -0.0937. The van der Waals surface area contributed by atoms with Crippen LogP contribution in [0.2, 0.25) is 0 Å². The number of carbonyl (C=O) groups is 2. The smallest absolute Gasteiger partial charge is 0.315 e. The molecule has 0 aromatic rings. The van der Waals surface area contributed by atoms with Crippen LogP contribution in [-0.4, -0.2) is 43.0 Å². The van der Waals surface area contributed by atoms with Gasteiger partial charge in [0.1, 0.15) is 6.04 Å². The molecule has 2 N–H and O–H groups in total. The van der Waals surface area contributed by atoms with Crippen molar-refractivity contribution in [1.82, 2.24) is 15.5 Å². The normalized spacial score (nSPS) is 18.3. The van der Waals surface area contributed by atoms with E-state index in [0.29, 0.717) is 0 Å². The van der Waals surface area contributed by atoms with Crippen LogP contribution in [0, 0.1) is 0 Å². The van der Waals surface area contributed by atoms with Crippen molar-refractivity contribution in [1.29, 1.82) is 0 Å². The number of nitrogens with one attached hydrogen (secondary N) is 2. The number of likely N-dealkylation sites (N-methyl/N-ethyl adjacent to an activating group) is 1. The topological polar surface area (TPSA) is 61.4 Å². The Morgan fingerprint density at radius 2 is 1.76 bits per heavy atom. The molecule has 5 nitrogen and oxygen atoms in total. The zero-order valence-corrected chi connectivity index (χ0v) is 11.0. The van der Waals surface area contributed by atoms with Gasteiger partial charge in [-0.25, -0.2) is 4.79 Å². The van der Waals surface area contributed by atoms with E-state index in [4.69, 9.17) is 0 Å². The number of amides is 3. The Morgan fingerprint density at radius 3 is 2.29 bits per heavy atom. The van der Waals surface area contributed by atoms with Crippen LogP contribution in [0.4, 0.5) is 4.79 Å².